The molecule has 0 saturated carbocycles. The van der Waals surface area contributed by atoms with Gasteiger partial charge in [-0.2, -0.15) is 8.78 Å². The number of hydrogen-bond acceptors (Lipinski definition) is 1. The normalized spacial score (nSPS) is 13.5. The summed E-state index contributed by atoms with van der Waals surface area (Å²) in [7, 11) is 0. The third-order valence-corrected chi connectivity index (χ3v) is 2.24. The summed E-state index contributed by atoms with van der Waals surface area (Å²) in [5, 5.41) is 8.29. The number of rotatable bonds is 4. The summed E-state index contributed by atoms with van der Waals surface area (Å²) in [4.78, 5) is 10.2. The van der Waals surface area contributed by atoms with Gasteiger partial charge in [-0.1, -0.05) is 37.3 Å². The molecule has 2 nitrogen and oxygen atoms in total. The third-order valence-electron chi connectivity index (χ3n) is 2.24. The maximum atomic E-state index is 12.9. The SMILES string of the molecule is CC(CC(F)(F)C(=O)O)c1ccccc1. The predicted octanol–water partition coefficient (Wildman–Crippen LogP) is 2.90. The average Bonchev–Trinajstić information content (AvgIpc) is 2.18. The number of aliphatic carboxylic acids is 1. The van der Waals surface area contributed by atoms with Gasteiger partial charge in [-0.15, -0.1) is 0 Å². The van der Waals surface area contributed by atoms with Crippen LogP contribution in [-0.4, -0.2) is 17.0 Å². The van der Waals surface area contributed by atoms with Crippen LogP contribution in [0.4, 0.5) is 8.78 Å². The highest BCUT2D eigenvalue weighted by atomic mass is 19.3. The molecule has 0 heterocycles. The van der Waals surface area contributed by atoms with E-state index in [9.17, 15) is 13.6 Å². The van der Waals surface area contributed by atoms with Gasteiger partial charge in [0.1, 0.15) is 0 Å². The van der Waals surface area contributed by atoms with Crippen molar-refractivity contribution in [2.75, 3.05) is 0 Å². The van der Waals surface area contributed by atoms with E-state index in [0.717, 1.165) is 5.56 Å². The average molecular weight is 214 g/mol. The molecule has 1 unspecified atom stereocenters. The quantitative estimate of drug-likeness (QED) is 0.836. The molecule has 1 aromatic carbocycles. The van der Waals surface area contributed by atoms with Crippen LogP contribution >= 0.6 is 0 Å². The summed E-state index contributed by atoms with van der Waals surface area (Å²) >= 11 is 0. The van der Waals surface area contributed by atoms with Crippen molar-refractivity contribution in [1.82, 2.24) is 0 Å². The van der Waals surface area contributed by atoms with Crippen molar-refractivity contribution in [3.63, 3.8) is 0 Å². The van der Waals surface area contributed by atoms with E-state index in [1.807, 2.05) is 0 Å². The van der Waals surface area contributed by atoms with Crippen LogP contribution in [0.3, 0.4) is 0 Å². The van der Waals surface area contributed by atoms with E-state index < -0.39 is 24.2 Å². The van der Waals surface area contributed by atoms with E-state index in [2.05, 4.69) is 0 Å². The van der Waals surface area contributed by atoms with E-state index in [1.54, 1.807) is 37.3 Å². The first-order valence-electron chi connectivity index (χ1n) is 4.59. The number of carboxylic acid groups (broad SMARTS) is 1. The first-order valence-corrected chi connectivity index (χ1v) is 4.59. The first-order chi connectivity index (χ1) is 6.93. The highest BCUT2D eigenvalue weighted by Gasteiger charge is 2.40. The summed E-state index contributed by atoms with van der Waals surface area (Å²) in [5.74, 6) is -6.20. The van der Waals surface area contributed by atoms with Crippen molar-refractivity contribution < 1.29 is 18.7 Å². The van der Waals surface area contributed by atoms with E-state index in [1.165, 1.54) is 0 Å². The molecule has 1 rings (SSSR count). The second kappa shape index (κ2) is 4.38. The second-order valence-corrected chi connectivity index (χ2v) is 3.53. The Bertz CT molecular complexity index is 336. The molecule has 0 radical (unpaired) electrons. The van der Waals surface area contributed by atoms with E-state index in [4.69, 9.17) is 5.11 Å². The minimum absolute atomic E-state index is 0.475. The molecule has 0 aliphatic carbocycles. The minimum atomic E-state index is -3.66. The van der Waals surface area contributed by atoms with Gasteiger partial charge < -0.3 is 5.11 Å². The Morgan fingerprint density at radius 3 is 2.40 bits per heavy atom. The van der Waals surface area contributed by atoms with Gasteiger partial charge >= 0.3 is 11.9 Å². The maximum absolute atomic E-state index is 12.9. The first kappa shape index (κ1) is 11.6. The third kappa shape index (κ3) is 3.01. The lowest BCUT2D eigenvalue weighted by molar-refractivity contribution is -0.166. The lowest BCUT2D eigenvalue weighted by Crippen LogP contribution is -2.29. The van der Waals surface area contributed by atoms with Crippen LogP contribution < -0.4 is 0 Å². The van der Waals surface area contributed by atoms with Gasteiger partial charge in [0.25, 0.3) is 0 Å². The molecule has 0 aromatic heterocycles. The Balaban J connectivity index is 2.72. The van der Waals surface area contributed by atoms with Crippen LogP contribution in [0.15, 0.2) is 30.3 Å². The van der Waals surface area contributed by atoms with E-state index >= 15 is 0 Å². The van der Waals surface area contributed by atoms with Crippen LogP contribution in [0, 0.1) is 0 Å². The fraction of sp³-hybridized carbons (Fsp3) is 0.364. The maximum Gasteiger partial charge on any atom is 0.374 e. The van der Waals surface area contributed by atoms with Gasteiger partial charge in [-0.25, -0.2) is 4.79 Å². The molecule has 1 aromatic rings. The van der Waals surface area contributed by atoms with E-state index in [0.29, 0.717) is 0 Å². The second-order valence-electron chi connectivity index (χ2n) is 3.53. The fourth-order valence-electron chi connectivity index (χ4n) is 1.37. The molecule has 0 aliphatic rings. The molecule has 4 heteroatoms. The molecule has 1 N–H and O–H groups in total. The summed E-state index contributed by atoms with van der Waals surface area (Å²) in [6, 6.07) is 8.69. The lowest BCUT2D eigenvalue weighted by Gasteiger charge is -2.16. The van der Waals surface area contributed by atoms with Crippen molar-refractivity contribution in [2.24, 2.45) is 0 Å². The molecule has 1 atom stereocenters. The summed E-state index contributed by atoms with van der Waals surface area (Å²) in [6.07, 6.45) is -0.674. The predicted molar refractivity (Wildman–Crippen MR) is 52.1 cm³/mol. The Hall–Kier alpha value is -1.45. The molecule has 82 valence electrons. The molecular weight excluding hydrogens is 202 g/mol. The monoisotopic (exact) mass is 214 g/mol. The van der Waals surface area contributed by atoms with Crippen LogP contribution in [-0.2, 0) is 4.79 Å². The van der Waals surface area contributed by atoms with Gasteiger partial charge in [-0.3, -0.25) is 0 Å². The van der Waals surface area contributed by atoms with Gasteiger partial charge in [0.05, 0.1) is 0 Å². The highest BCUT2D eigenvalue weighted by Crippen LogP contribution is 2.29. The molecule has 0 aliphatic heterocycles. The summed E-state index contributed by atoms with van der Waals surface area (Å²) in [5.41, 5.74) is 0.721. The van der Waals surface area contributed by atoms with Crippen molar-refractivity contribution in [2.45, 2.75) is 25.2 Å². The molecule has 0 saturated heterocycles. The Morgan fingerprint density at radius 1 is 1.40 bits per heavy atom. The lowest BCUT2D eigenvalue weighted by atomic mass is 9.95. The smallest absolute Gasteiger partial charge is 0.374 e. The Kier molecular flexibility index (Phi) is 3.39. The van der Waals surface area contributed by atoms with Gasteiger partial charge in [0.15, 0.2) is 0 Å². The van der Waals surface area contributed by atoms with Gasteiger partial charge in [-0.05, 0) is 11.5 Å². The van der Waals surface area contributed by atoms with E-state index in [-0.39, 0.29) is 0 Å². The Morgan fingerprint density at radius 2 is 1.93 bits per heavy atom. The standard InChI is InChI=1S/C11H12F2O2/c1-8(7-11(12,13)10(14)15)9-5-3-2-4-6-9/h2-6,8H,7H2,1H3,(H,14,15). The van der Waals surface area contributed by atoms with Crippen LogP contribution in [0.5, 0.6) is 0 Å². The number of hydrogen-bond donors (Lipinski definition) is 1. The van der Waals surface area contributed by atoms with Crippen LogP contribution in [0.25, 0.3) is 0 Å². The number of halogens is 2. The zero-order chi connectivity index (χ0) is 11.5. The molecule has 0 bridgehead atoms. The van der Waals surface area contributed by atoms with Crippen LogP contribution in [0.2, 0.25) is 0 Å². The number of carboxylic acids is 1. The van der Waals surface area contributed by atoms with Crippen molar-refractivity contribution in [1.29, 1.82) is 0 Å². The number of benzene rings is 1. The number of carbonyl (C=O) groups is 1. The van der Waals surface area contributed by atoms with Crippen molar-refractivity contribution >= 4 is 5.97 Å². The minimum Gasteiger partial charge on any atom is -0.477 e. The summed E-state index contributed by atoms with van der Waals surface area (Å²) in [6.45, 7) is 1.59. The van der Waals surface area contributed by atoms with Gasteiger partial charge in [0.2, 0.25) is 0 Å². The zero-order valence-electron chi connectivity index (χ0n) is 8.28. The zero-order valence-corrected chi connectivity index (χ0v) is 8.28. The molecular formula is C11H12F2O2. The molecule has 15 heavy (non-hydrogen) atoms. The topological polar surface area (TPSA) is 37.3 Å². The molecule has 0 fully saturated rings. The summed E-state index contributed by atoms with van der Waals surface area (Å²) < 4.78 is 25.8. The Labute approximate surface area is 86.5 Å². The van der Waals surface area contributed by atoms with Crippen molar-refractivity contribution in [3.05, 3.63) is 35.9 Å². The largest absolute Gasteiger partial charge is 0.477 e. The fourth-order valence-corrected chi connectivity index (χ4v) is 1.37. The van der Waals surface area contributed by atoms with Gasteiger partial charge in [0, 0.05) is 6.42 Å². The highest BCUT2D eigenvalue weighted by molar-refractivity contribution is 5.75. The van der Waals surface area contributed by atoms with Crippen LogP contribution in [0.1, 0.15) is 24.8 Å². The molecule has 0 amide bonds. The van der Waals surface area contributed by atoms with Crippen molar-refractivity contribution in [3.8, 4) is 0 Å². The molecule has 0 spiro atoms. The number of alkyl halides is 2.